The predicted octanol–water partition coefficient (Wildman–Crippen LogP) is 1.36. The zero-order valence-corrected chi connectivity index (χ0v) is 10.2. The molecule has 1 heterocycles. The summed E-state index contributed by atoms with van der Waals surface area (Å²) in [5.74, 6) is -0.605. The second kappa shape index (κ2) is 4.65. The molecular weight excluding hydrogens is 261 g/mol. The lowest BCUT2D eigenvalue weighted by Crippen LogP contribution is -2.12. The normalized spacial score (nSPS) is 11.2. The van der Waals surface area contributed by atoms with Gasteiger partial charge in [0.25, 0.3) is 10.0 Å². The molecule has 1 aromatic carbocycles. The number of nitrogens with zero attached hydrogens (tertiary/aromatic N) is 1. The Morgan fingerprint density at radius 1 is 1.44 bits per heavy atom. The first-order valence-corrected chi connectivity index (χ1v) is 6.36. The van der Waals surface area contributed by atoms with Crippen LogP contribution in [0.3, 0.4) is 0 Å². The number of hydrogen-bond acceptors (Lipinski definition) is 4. The van der Waals surface area contributed by atoms with Gasteiger partial charge >= 0.3 is 0 Å². The van der Waals surface area contributed by atoms with Gasteiger partial charge in [-0.05, 0) is 12.1 Å². The largest absolute Gasteiger partial charge is 0.494 e. The van der Waals surface area contributed by atoms with E-state index in [1.165, 1.54) is 31.6 Å². The molecule has 0 spiro atoms. The van der Waals surface area contributed by atoms with Crippen LogP contribution >= 0.6 is 0 Å². The van der Waals surface area contributed by atoms with Crippen LogP contribution in [-0.4, -0.2) is 25.7 Å². The van der Waals surface area contributed by atoms with E-state index in [9.17, 15) is 12.8 Å². The third-order valence-corrected chi connectivity index (χ3v) is 3.54. The van der Waals surface area contributed by atoms with E-state index in [1.807, 2.05) is 0 Å². The molecular formula is C10H10FN3O3S. The smallest absolute Gasteiger partial charge is 0.265 e. The summed E-state index contributed by atoms with van der Waals surface area (Å²) in [5.41, 5.74) is 0.203. The van der Waals surface area contributed by atoms with Gasteiger partial charge in [0.1, 0.15) is 4.90 Å². The van der Waals surface area contributed by atoms with Crippen LogP contribution < -0.4 is 9.46 Å². The molecule has 0 aliphatic carbocycles. The van der Waals surface area contributed by atoms with E-state index in [-0.39, 0.29) is 16.3 Å². The van der Waals surface area contributed by atoms with Gasteiger partial charge in [-0.25, -0.2) is 12.8 Å². The maximum absolute atomic E-state index is 13.2. The second-order valence-electron chi connectivity index (χ2n) is 3.39. The maximum atomic E-state index is 13.2. The Labute approximate surface area is 103 Å². The Kier molecular flexibility index (Phi) is 3.19. The molecule has 8 heteroatoms. The van der Waals surface area contributed by atoms with Crippen molar-refractivity contribution in [2.75, 3.05) is 11.8 Å². The van der Waals surface area contributed by atoms with Crippen LogP contribution in [0.2, 0.25) is 0 Å². The van der Waals surface area contributed by atoms with Crippen LogP contribution in [0.25, 0.3) is 0 Å². The van der Waals surface area contributed by atoms with Crippen molar-refractivity contribution in [2.24, 2.45) is 0 Å². The lowest BCUT2D eigenvalue weighted by Gasteiger charge is -2.08. The topological polar surface area (TPSA) is 84.1 Å². The average molecular weight is 271 g/mol. The summed E-state index contributed by atoms with van der Waals surface area (Å²) in [7, 11) is -2.43. The van der Waals surface area contributed by atoms with Crippen LogP contribution in [0.1, 0.15) is 0 Å². The first kappa shape index (κ1) is 12.4. The summed E-state index contributed by atoms with van der Waals surface area (Å²) >= 11 is 0. The first-order chi connectivity index (χ1) is 8.53. The molecule has 0 fully saturated rings. The molecule has 1 aromatic heterocycles. The quantitative estimate of drug-likeness (QED) is 0.879. The van der Waals surface area contributed by atoms with Crippen molar-refractivity contribution in [3.63, 3.8) is 0 Å². The summed E-state index contributed by atoms with van der Waals surface area (Å²) in [6.07, 6.45) is 2.41. The van der Waals surface area contributed by atoms with E-state index < -0.39 is 15.8 Å². The fraction of sp³-hybridized carbons (Fsp3) is 0.100. The van der Waals surface area contributed by atoms with Crippen LogP contribution in [0.5, 0.6) is 5.75 Å². The molecule has 0 amide bonds. The highest BCUT2D eigenvalue weighted by molar-refractivity contribution is 7.92. The van der Waals surface area contributed by atoms with Gasteiger partial charge in [-0.1, -0.05) is 0 Å². The molecule has 0 aliphatic heterocycles. The van der Waals surface area contributed by atoms with Crippen molar-refractivity contribution in [3.05, 3.63) is 36.4 Å². The summed E-state index contributed by atoms with van der Waals surface area (Å²) < 4.78 is 43.9. The molecule has 0 aliphatic rings. The van der Waals surface area contributed by atoms with E-state index in [2.05, 4.69) is 14.9 Å². The van der Waals surface area contributed by atoms with Gasteiger partial charge in [-0.2, -0.15) is 5.10 Å². The molecule has 0 radical (unpaired) electrons. The van der Waals surface area contributed by atoms with Gasteiger partial charge in [0.2, 0.25) is 0 Å². The molecule has 0 saturated heterocycles. The highest BCUT2D eigenvalue weighted by atomic mass is 32.2. The number of anilines is 1. The lowest BCUT2D eigenvalue weighted by atomic mass is 10.3. The summed E-state index contributed by atoms with van der Waals surface area (Å²) in [6.45, 7) is 0. The van der Waals surface area contributed by atoms with E-state index in [1.54, 1.807) is 0 Å². The molecule has 96 valence electrons. The number of nitrogens with one attached hydrogen (secondary N) is 2. The third kappa shape index (κ3) is 2.43. The number of methoxy groups -OCH3 is 1. The van der Waals surface area contributed by atoms with Crippen LogP contribution in [0.4, 0.5) is 10.1 Å². The van der Waals surface area contributed by atoms with E-state index in [0.29, 0.717) is 0 Å². The SMILES string of the molecule is COc1cc(NS(=O)(=O)c2cn[nH]c2)ccc1F. The molecule has 2 N–H and O–H groups in total. The number of hydrogen-bond donors (Lipinski definition) is 2. The predicted molar refractivity (Wildman–Crippen MR) is 62.3 cm³/mol. The zero-order valence-electron chi connectivity index (χ0n) is 9.34. The number of benzene rings is 1. The average Bonchev–Trinajstić information content (AvgIpc) is 2.85. The van der Waals surface area contributed by atoms with Crippen molar-refractivity contribution in [1.82, 2.24) is 10.2 Å². The number of H-pyrrole nitrogens is 1. The van der Waals surface area contributed by atoms with Crippen molar-refractivity contribution in [1.29, 1.82) is 0 Å². The number of halogens is 1. The Bertz CT molecular complexity index is 640. The van der Waals surface area contributed by atoms with E-state index in [0.717, 1.165) is 6.07 Å². The minimum atomic E-state index is -3.73. The van der Waals surface area contributed by atoms with Gasteiger partial charge in [0, 0.05) is 12.3 Å². The maximum Gasteiger partial charge on any atom is 0.265 e. The summed E-state index contributed by atoms with van der Waals surface area (Å²) in [4.78, 5) is -0.00853. The second-order valence-corrected chi connectivity index (χ2v) is 5.07. The Morgan fingerprint density at radius 3 is 2.83 bits per heavy atom. The van der Waals surface area contributed by atoms with Crippen molar-refractivity contribution in [2.45, 2.75) is 4.90 Å². The Hall–Kier alpha value is -2.09. The number of ether oxygens (including phenoxy) is 1. The van der Waals surface area contributed by atoms with Crippen LogP contribution in [-0.2, 0) is 10.0 Å². The Morgan fingerprint density at radius 2 is 2.22 bits per heavy atom. The van der Waals surface area contributed by atoms with E-state index >= 15 is 0 Å². The highest BCUT2D eigenvalue weighted by Crippen LogP contribution is 2.23. The summed E-state index contributed by atoms with van der Waals surface area (Å²) in [5, 5.41) is 5.95. The van der Waals surface area contributed by atoms with Gasteiger partial charge < -0.3 is 4.74 Å². The molecule has 2 aromatic rings. The Balaban J connectivity index is 2.30. The van der Waals surface area contributed by atoms with Crippen LogP contribution in [0.15, 0.2) is 35.5 Å². The van der Waals surface area contributed by atoms with Crippen molar-refractivity contribution < 1.29 is 17.5 Å². The van der Waals surface area contributed by atoms with Gasteiger partial charge in [0.05, 0.1) is 19.0 Å². The fourth-order valence-electron chi connectivity index (χ4n) is 1.32. The number of rotatable bonds is 4. The minimum Gasteiger partial charge on any atom is -0.494 e. The van der Waals surface area contributed by atoms with Gasteiger partial charge in [-0.3, -0.25) is 9.82 Å². The molecule has 0 unspecified atom stereocenters. The molecule has 2 rings (SSSR count). The van der Waals surface area contributed by atoms with Gasteiger partial charge in [-0.15, -0.1) is 0 Å². The molecule has 6 nitrogen and oxygen atoms in total. The van der Waals surface area contributed by atoms with E-state index in [4.69, 9.17) is 4.74 Å². The fourth-order valence-corrected chi connectivity index (χ4v) is 2.28. The first-order valence-electron chi connectivity index (χ1n) is 4.88. The third-order valence-electron chi connectivity index (χ3n) is 2.19. The standard InChI is InChI=1S/C10H10FN3O3S/c1-17-10-4-7(2-3-9(10)11)14-18(15,16)8-5-12-13-6-8/h2-6,14H,1H3,(H,12,13). The number of sulfonamides is 1. The number of aromatic nitrogens is 2. The molecule has 0 saturated carbocycles. The summed E-state index contributed by atoms with van der Waals surface area (Å²) in [6, 6.07) is 3.68. The van der Waals surface area contributed by atoms with Gasteiger partial charge in [0.15, 0.2) is 11.6 Å². The highest BCUT2D eigenvalue weighted by Gasteiger charge is 2.16. The minimum absolute atomic E-state index is 0.00853. The lowest BCUT2D eigenvalue weighted by molar-refractivity contribution is 0.387. The zero-order chi connectivity index (χ0) is 13.2. The monoisotopic (exact) mass is 271 g/mol. The van der Waals surface area contributed by atoms with Crippen LogP contribution in [0, 0.1) is 5.82 Å². The van der Waals surface area contributed by atoms with Crippen molar-refractivity contribution >= 4 is 15.7 Å². The van der Waals surface area contributed by atoms with Crippen molar-refractivity contribution in [3.8, 4) is 5.75 Å². The molecule has 0 bridgehead atoms. The molecule has 18 heavy (non-hydrogen) atoms. The number of aromatic amines is 1. The molecule has 0 atom stereocenters.